The van der Waals surface area contributed by atoms with Crippen LogP contribution in [0.25, 0.3) is 0 Å². The van der Waals surface area contributed by atoms with Gasteiger partial charge in [-0.15, -0.1) is 0 Å². The summed E-state index contributed by atoms with van der Waals surface area (Å²) in [6, 6.07) is 13.8. The Morgan fingerprint density at radius 3 is 1.20 bits per heavy atom. The highest BCUT2D eigenvalue weighted by Crippen LogP contribution is 2.11. The molecule has 2 aromatic carbocycles. The largest absolute Gasteiger partial charge is 0.478 e. The van der Waals surface area contributed by atoms with Crippen molar-refractivity contribution in [1.82, 2.24) is 0 Å². The molecule has 104 valence electrons. The quantitative estimate of drug-likeness (QED) is 0.618. The molecule has 0 aliphatic rings. The van der Waals surface area contributed by atoms with Gasteiger partial charge >= 0.3 is 11.9 Å². The molecule has 2 rings (SSSR count). The van der Waals surface area contributed by atoms with E-state index in [0.717, 1.165) is 7.14 Å². The van der Waals surface area contributed by atoms with Gasteiger partial charge in [0.2, 0.25) is 0 Å². The first-order chi connectivity index (χ1) is 9.43. The summed E-state index contributed by atoms with van der Waals surface area (Å²) in [5.74, 6) is -1.74. The van der Waals surface area contributed by atoms with E-state index in [1.165, 1.54) is 0 Å². The minimum atomic E-state index is -0.870. The number of carboxylic acids is 2. The smallest absolute Gasteiger partial charge is 0.336 e. The lowest BCUT2D eigenvalue weighted by Crippen LogP contribution is -1.97. The van der Waals surface area contributed by atoms with Crippen LogP contribution in [0.1, 0.15) is 20.7 Å². The molecule has 0 unspecified atom stereocenters. The van der Waals surface area contributed by atoms with Crippen LogP contribution in [0, 0.1) is 7.14 Å². The first kappa shape index (κ1) is 16.9. The van der Waals surface area contributed by atoms with Crippen molar-refractivity contribution >= 4 is 57.1 Å². The van der Waals surface area contributed by atoms with Gasteiger partial charge in [-0.3, -0.25) is 0 Å². The topological polar surface area (TPSA) is 74.6 Å². The number of halogens is 2. The van der Waals surface area contributed by atoms with Crippen LogP contribution in [0.5, 0.6) is 0 Å². The molecular formula is C14H10I2O4. The van der Waals surface area contributed by atoms with E-state index < -0.39 is 11.9 Å². The van der Waals surface area contributed by atoms with E-state index in [9.17, 15) is 9.59 Å². The third-order valence-electron chi connectivity index (χ3n) is 2.21. The molecule has 0 fully saturated rings. The predicted octanol–water partition coefficient (Wildman–Crippen LogP) is 3.98. The van der Waals surface area contributed by atoms with Gasteiger partial charge in [-0.1, -0.05) is 24.3 Å². The van der Waals surface area contributed by atoms with Crippen molar-refractivity contribution < 1.29 is 19.8 Å². The highest BCUT2D eigenvalue weighted by molar-refractivity contribution is 14.1. The number of hydrogen-bond acceptors (Lipinski definition) is 2. The molecule has 0 bridgehead atoms. The highest BCUT2D eigenvalue weighted by Gasteiger charge is 2.05. The average molecular weight is 496 g/mol. The van der Waals surface area contributed by atoms with Crippen molar-refractivity contribution in [3.63, 3.8) is 0 Å². The fourth-order valence-corrected chi connectivity index (χ4v) is 2.51. The summed E-state index contributed by atoms with van der Waals surface area (Å²) in [5.41, 5.74) is 0.728. The minimum Gasteiger partial charge on any atom is -0.478 e. The summed E-state index contributed by atoms with van der Waals surface area (Å²) in [6.45, 7) is 0. The normalized spacial score (nSPS) is 9.30. The van der Waals surface area contributed by atoms with Gasteiger partial charge < -0.3 is 10.2 Å². The van der Waals surface area contributed by atoms with E-state index in [0.29, 0.717) is 11.1 Å². The molecule has 2 N–H and O–H groups in total. The Morgan fingerprint density at radius 2 is 1.00 bits per heavy atom. The standard InChI is InChI=1S/2C7H5IO2/c2*8-6-4-2-1-3-5(6)7(9)10/h2*1-4H,(H,9,10). The lowest BCUT2D eigenvalue weighted by atomic mass is 10.2. The van der Waals surface area contributed by atoms with Crippen molar-refractivity contribution in [2.45, 2.75) is 0 Å². The average Bonchev–Trinajstić information content (AvgIpc) is 2.40. The van der Waals surface area contributed by atoms with Crippen LogP contribution in [0.15, 0.2) is 48.5 Å². The Bertz CT molecular complexity index is 571. The summed E-state index contributed by atoms with van der Waals surface area (Å²) >= 11 is 3.99. The Hall–Kier alpha value is -1.16. The van der Waals surface area contributed by atoms with Gasteiger partial charge in [-0.2, -0.15) is 0 Å². The molecular weight excluding hydrogens is 486 g/mol. The zero-order chi connectivity index (χ0) is 15.1. The zero-order valence-electron chi connectivity index (χ0n) is 10.1. The van der Waals surface area contributed by atoms with Crippen LogP contribution in [-0.4, -0.2) is 22.2 Å². The van der Waals surface area contributed by atoms with Crippen LogP contribution in [-0.2, 0) is 0 Å². The molecule has 20 heavy (non-hydrogen) atoms. The number of benzene rings is 2. The molecule has 0 amide bonds. The van der Waals surface area contributed by atoms with Gasteiger partial charge in [-0.05, 0) is 69.4 Å². The van der Waals surface area contributed by atoms with E-state index >= 15 is 0 Å². The molecule has 0 atom stereocenters. The fraction of sp³-hybridized carbons (Fsp3) is 0. The Balaban J connectivity index is 0.000000200. The van der Waals surface area contributed by atoms with Crippen molar-refractivity contribution in [2.24, 2.45) is 0 Å². The van der Waals surface area contributed by atoms with Crippen LogP contribution in [0.4, 0.5) is 0 Å². The third-order valence-corrected chi connectivity index (χ3v) is 4.09. The summed E-state index contributed by atoms with van der Waals surface area (Å²) in [7, 11) is 0. The number of hydrogen-bond donors (Lipinski definition) is 2. The van der Waals surface area contributed by atoms with Gasteiger partial charge in [0.05, 0.1) is 11.1 Å². The van der Waals surface area contributed by atoms with Crippen LogP contribution >= 0.6 is 45.2 Å². The monoisotopic (exact) mass is 496 g/mol. The molecule has 0 saturated heterocycles. The van der Waals surface area contributed by atoms with Crippen molar-refractivity contribution in [2.75, 3.05) is 0 Å². The predicted molar refractivity (Wildman–Crippen MR) is 92.2 cm³/mol. The lowest BCUT2D eigenvalue weighted by Gasteiger charge is -1.94. The second kappa shape index (κ2) is 8.20. The summed E-state index contributed by atoms with van der Waals surface area (Å²) < 4.78 is 1.54. The maximum atomic E-state index is 10.4. The highest BCUT2D eigenvalue weighted by atomic mass is 127. The minimum absolute atomic E-state index is 0.364. The molecule has 0 aliphatic carbocycles. The SMILES string of the molecule is O=C(O)c1ccccc1I.O=C(O)c1ccccc1I. The van der Waals surface area contributed by atoms with Crippen molar-refractivity contribution in [1.29, 1.82) is 0 Å². The molecule has 0 saturated carbocycles. The zero-order valence-corrected chi connectivity index (χ0v) is 14.4. The second-order valence-electron chi connectivity index (χ2n) is 3.57. The van der Waals surface area contributed by atoms with Crippen molar-refractivity contribution in [3.8, 4) is 0 Å². The van der Waals surface area contributed by atoms with E-state index in [4.69, 9.17) is 10.2 Å². The van der Waals surface area contributed by atoms with E-state index in [2.05, 4.69) is 0 Å². The van der Waals surface area contributed by atoms with Crippen LogP contribution in [0.3, 0.4) is 0 Å². The summed E-state index contributed by atoms with van der Waals surface area (Å²) in [5, 5.41) is 17.1. The Labute approximate surface area is 143 Å². The molecule has 2 aromatic rings. The molecule has 4 nitrogen and oxygen atoms in total. The van der Waals surface area contributed by atoms with Gasteiger partial charge in [0, 0.05) is 7.14 Å². The maximum absolute atomic E-state index is 10.4. The van der Waals surface area contributed by atoms with Gasteiger partial charge in [0.25, 0.3) is 0 Å². The Morgan fingerprint density at radius 1 is 0.700 bits per heavy atom. The van der Waals surface area contributed by atoms with E-state index in [1.54, 1.807) is 36.4 Å². The first-order valence-corrected chi connectivity index (χ1v) is 7.55. The maximum Gasteiger partial charge on any atom is 0.336 e. The van der Waals surface area contributed by atoms with E-state index in [-0.39, 0.29) is 0 Å². The van der Waals surface area contributed by atoms with Crippen molar-refractivity contribution in [3.05, 3.63) is 66.8 Å². The van der Waals surface area contributed by atoms with Crippen LogP contribution in [0.2, 0.25) is 0 Å². The van der Waals surface area contributed by atoms with Gasteiger partial charge in [0.1, 0.15) is 0 Å². The molecule has 0 heterocycles. The first-order valence-electron chi connectivity index (χ1n) is 5.39. The fourth-order valence-electron chi connectivity index (χ4n) is 1.27. The lowest BCUT2D eigenvalue weighted by molar-refractivity contribution is 0.0685. The molecule has 0 aliphatic heterocycles. The molecule has 0 radical (unpaired) electrons. The number of rotatable bonds is 2. The number of aromatic carboxylic acids is 2. The summed E-state index contributed by atoms with van der Waals surface area (Å²) in [6.07, 6.45) is 0. The Kier molecular flexibility index (Phi) is 6.93. The van der Waals surface area contributed by atoms with Crippen LogP contribution < -0.4 is 0 Å². The second-order valence-corrected chi connectivity index (χ2v) is 5.89. The summed E-state index contributed by atoms with van der Waals surface area (Å²) in [4.78, 5) is 20.8. The third kappa shape index (κ3) is 5.08. The van der Waals surface area contributed by atoms with Gasteiger partial charge in [0.15, 0.2) is 0 Å². The molecule has 6 heteroatoms. The number of carboxylic acid groups (broad SMARTS) is 2. The van der Waals surface area contributed by atoms with E-state index in [1.807, 2.05) is 57.3 Å². The van der Waals surface area contributed by atoms with Gasteiger partial charge in [-0.25, -0.2) is 9.59 Å². The molecule has 0 spiro atoms. The number of carbonyl (C=O) groups is 2. The molecule has 0 aromatic heterocycles.